The molecule has 2 aliphatic rings. The Morgan fingerprint density at radius 3 is 2.35 bits per heavy atom. The monoisotopic (exact) mass is 566 g/mol. The fourth-order valence-corrected chi connectivity index (χ4v) is 6.40. The van der Waals surface area contributed by atoms with Crippen LogP contribution in [-0.4, -0.2) is 69.3 Å². The van der Waals surface area contributed by atoms with Gasteiger partial charge in [-0.25, -0.2) is 0 Å². The lowest BCUT2D eigenvalue weighted by atomic mass is 9.97. The lowest BCUT2D eigenvalue weighted by Gasteiger charge is -2.37. The number of nitrogens with zero attached hydrogens (tertiary/aromatic N) is 2. The van der Waals surface area contributed by atoms with Gasteiger partial charge in [-0.15, -0.1) is 12.4 Å². The number of carbonyl (C=O) groups is 1. The molecule has 1 amide bonds. The van der Waals surface area contributed by atoms with Crippen molar-refractivity contribution in [1.29, 1.82) is 0 Å². The van der Waals surface area contributed by atoms with Gasteiger partial charge in [0.15, 0.2) is 11.5 Å². The number of amides is 1. The van der Waals surface area contributed by atoms with Crippen molar-refractivity contribution in [3.63, 3.8) is 0 Å². The number of halogens is 1. The topological polar surface area (TPSA) is 51.2 Å². The number of piperidine rings is 1. The second-order valence-electron chi connectivity index (χ2n) is 11.0. The molecule has 0 N–H and O–H groups in total. The summed E-state index contributed by atoms with van der Waals surface area (Å²) in [5, 5.41) is 2.53. The van der Waals surface area contributed by atoms with Gasteiger partial charge in [0.05, 0.1) is 27.8 Å². The molecule has 216 valence electrons. The first-order valence-corrected chi connectivity index (χ1v) is 14.3. The summed E-state index contributed by atoms with van der Waals surface area (Å²) in [7, 11) is 5.03. The first kappa shape index (κ1) is 30.0. The molecule has 0 aliphatic carbocycles. The van der Waals surface area contributed by atoms with Crippen molar-refractivity contribution in [1.82, 2.24) is 9.80 Å². The minimum absolute atomic E-state index is 0. The van der Waals surface area contributed by atoms with Gasteiger partial charge in [0, 0.05) is 25.7 Å². The zero-order chi connectivity index (χ0) is 27.4. The number of rotatable bonds is 9. The average molecular weight is 567 g/mol. The molecule has 1 unspecified atom stereocenters. The van der Waals surface area contributed by atoms with Crippen molar-refractivity contribution in [2.45, 2.75) is 57.9 Å². The molecule has 1 fully saturated rings. The summed E-state index contributed by atoms with van der Waals surface area (Å²) in [4.78, 5) is 17.9. The maximum atomic E-state index is 13.2. The normalized spacial score (nSPS) is 17.6. The van der Waals surface area contributed by atoms with Crippen LogP contribution in [-0.2, 0) is 24.1 Å². The molecular weight excluding hydrogens is 524 g/mol. The first-order chi connectivity index (χ1) is 19.0. The van der Waals surface area contributed by atoms with E-state index < -0.39 is 0 Å². The first-order valence-electron chi connectivity index (χ1n) is 14.3. The Labute approximate surface area is 245 Å². The van der Waals surface area contributed by atoms with Crippen molar-refractivity contribution in [3.05, 3.63) is 64.7 Å². The molecule has 1 saturated heterocycles. The zero-order valence-electron chi connectivity index (χ0n) is 24.3. The molecule has 1 atom stereocenters. The Hall–Kier alpha value is -2.96. The van der Waals surface area contributed by atoms with Crippen LogP contribution in [0.15, 0.2) is 42.5 Å². The third-order valence-corrected chi connectivity index (χ3v) is 8.74. The molecule has 2 heterocycles. The third kappa shape index (κ3) is 6.50. The summed E-state index contributed by atoms with van der Waals surface area (Å²) in [6.45, 7) is 5.91. The average Bonchev–Trinajstić information content (AvgIpc) is 3.12. The Morgan fingerprint density at radius 2 is 1.60 bits per heavy atom. The standard InChI is InChI=1S/C33H42N2O4.ClH/c1-23-29-10-8-24(19-26(29)9-11-30(23)37-2)12-16-34-15-6-5-7-28(34)14-18-35-17-13-25-20-31(38-3)32(39-4)21-27(25)22-33(35)36;/h8-11,19-21,28H,5-7,12-18,22H2,1-4H3;1H. The van der Waals surface area contributed by atoms with E-state index in [1.165, 1.54) is 46.7 Å². The molecule has 2 aliphatic heterocycles. The van der Waals surface area contributed by atoms with Gasteiger partial charge in [-0.05, 0) is 96.8 Å². The minimum Gasteiger partial charge on any atom is -0.496 e. The van der Waals surface area contributed by atoms with E-state index in [1.807, 2.05) is 12.1 Å². The van der Waals surface area contributed by atoms with Crippen molar-refractivity contribution >= 4 is 29.1 Å². The van der Waals surface area contributed by atoms with Crippen LogP contribution in [0.25, 0.3) is 10.8 Å². The molecule has 0 saturated carbocycles. The molecule has 0 spiro atoms. The molecule has 0 bridgehead atoms. The molecule has 0 aromatic heterocycles. The highest BCUT2D eigenvalue weighted by Crippen LogP contribution is 2.33. The highest BCUT2D eigenvalue weighted by atomic mass is 35.5. The number of likely N-dealkylation sites (tertiary alicyclic amines) is 1. The molecular formula is C33H43ClN2O4. The number of aryl methyl sites for hydroxylation is 1. The highest BCUT2D eigenvalue weighted by molar-refractivity contribution is 5.88. The SMILES string of the molecule is COc1cc2c(cc1OC)CC(=O)N(CCC1CCCCN1CCc1ccc3c(C)c(OC)ccc3c1)CC2.Cl. The van der Waals surface area contributed by atoms with Gasteiger partial charge < -0.3 is 19.1 Å². The molecule has 5 rings (SSSR count). The predicted octanol–water partition coefficient (Wildman–Crippen LogP) is 6.01. The van der Waals surface area contributed by atoms with Crippen molar-refractivity contribution in [3.8, 4) is 17.2 Å². The van der Waals surface area contributed by atoms with Crippen LogP contribution in [0.1, 0.15) is 47.9 Å². The number of benzene rings is 3. The maximum absolute atomic E-state index is 13.2. The van der Waals surface area contributed by atoms with Crippen molar-refractivity contribution in [2.75, 3.05) is 47.5 Å². The number of hydrogen-bond donors (Lipinski definition) is 0. The number of methoxy groups -OCH3 is 3. The van der Waals surface area contributed by atoms with Crippen LogP contribution >= 0.6 is 12.4 Å². The zero-order valence-corrected chi connectivity index (χ0v) is 25.1. The Morgan fingerprint density at radius 1 is 0.850 bits per heavy atom. The van der Waals surface area contributed by atoms with E-state index in [9.17, 15) is 4.79 Å². The quantitative estimate of drug-likeness (QED) is 0.317. The minimum atomic E-state index is 0. The summed E-state index contributed by atoms with van der Waals surface area (Å²) in [6, 6.07) is 15.6. The van der Waals surface area contributed by atoms with Gasteiger partial charge in [-0.3, -0.25) is 9.69 Å². The van der Waals surface area contributed by atoms with E-state index in [0.29, 0.717) is 18.2 Å². The highest BCUT2D eigenvalue weighted by Gasteiger charge is 2.26. The van der Waals surface area contributed by atoms with Gasteiger partial charge >= 0.3 is 0 Å². The smallest absolute Gasteiger partial charge is 0.227 e. The second kappa shape index (κ2) is 13.6. The fourth-order valence-electron chi connectivity index (χ4n) is 6.40. The van der Waals surface area contributed by atoms with E-state index in [0.717, 1.165) is 62.5 Å². The molecule has 7 heteroatoms. The van der Waals surface area contributed by atoms with Crippen molar-refractivity contribution in [2.24, 2.45) is 0 Å². The molecule has 3 aromatic carbocycles. The maximum Gasteiger partial charge on any atom is 0.227 e. The largest absolute Gasteiger partial charge is 0.496 e. The third-order valence-electron chi connectivity index (χ3n) is 8.74. The van der Waals surface area contributed by atoms with Gasteiger partial charge in [-0.2, -0.15) is 0 Å². The second-order valence-corrected chi connectivity index (χ2v) is 11.0. The van der Waals surface area contributed by atoms with E-state index >= 15 is 0 Å². The Balaban J connectivity index is 0.00000370. The number of hydrogen-bond acceptors (Lipinski definition) is 5. The van der Waals surface area contributed by atoms with Crippen LogP contribution in [0, 0.1) is 6.92 Å². The van der Waals surface area contributed by atoms with Crippen molar-refractivity contribution < 1.29 is 19.0 Å². The number of carbonyl (C=O) groups excluding carboxylic acids is 1. The fraction of sp³-hybridized carbons (Fsp3) is 0.485. The lowest BCUT2D eigenvalue weighted by molar-refractivity contribution is -0.130. The van der Waals surface area contributed by atoms with Gasteiger partial charge in [0.1, 0.15) is 5.75 Å². The summed E-state index contributed by atoms with van der Waals surface area (Å²) in [5.74, 6) is 2.58. The van der Waals surface area contributed by atoms with E-state index in [-0.39, 0.29) is 18.3 Å². The summed E-state index contributed by atoms with van der Waals surface area (Å²) >= 11 is 0. The lowest BCUT2D eigenvalue weighted by Crippen LogP contribution is -2.43. The van der Waals surface area contributed by atoms with Gasteiger partial charge in [0.2, 0.25) is 5.91 Å². The molecule has 40 heavy (non-hydrogen) atoms. The van der Waals surface area contributed by atoms with Gasteiger partial charge in [-0.1, -0.05) is 30.7 Å². The Bertz CT molecular complexity index is 1330. The summed E-state index contributed by atoms with van der Waals surface area (Å²) < 4.78 is 16.5. The van der Waals surface area contributed by atoms with E-state index in [2.05, 4.69) is 47.1 Å². The molecule has 0 radical (unpaired) electrons. The van der Waals surface area contributed by atoms with Crippen LogP contribution in [0.3, 0.4) is 0 Å². The van der Waals surface area contributed by atoms with Crippen LogP contribution < -0.4 is 14.2 Å². The Kier molecular flexibility index (Phi) is 10.2. The molecule has 6 nitrogen and oxygen atoms in total. The van der Waals surface area contributed by atoms with E-state index in [4.69, 9.17) is 14.2 Å². The number of fused-ring (bicyclic) bond motifs is 2. The van der Waals surface area contributed by atoms with Crippen LogP contribution in [0.5, 0.6) is 17.2 Å². The summed E-state index contributed by atoms with van der Waals surface area (Å²) in [6.07, 6.45) is 7.10. The summed E-state index contributed by atoms with van der Waals surface area (Å²) in [5.41, 5.74) is 4.82. The number of ether oxygens (including phenoxy) is 3. The predicted molar refractivity (Wildman–Crippen MR) is 164 cm³/mol. The van der Waals surface area contributed by atoms with Crippen LogP contribution in [0.4, 0.5) is 0 Å². The van der Waals surface area contributed by atoms with E-state index in [1.54, 1.807) is 21.3 Å². The molecule has 3 aromatic rings. The van der Waals surface area contributed by atoms with Gasteiger partial charge in [0.25, 0.3) is 0 Å². The van der Waals surface area contributed by atoms with Crippen LogP contribution in [0.2, 0.25) is 0 Å².